The fourth-order valence-corrected chi connectivity index (χ4v) is 8.13. The molecule has 6 aromatic rings. The number of esters is 1. The van der Waals surface area contributed by atoms with Gasteiger partial charge in [0.1, 0.15) is 23.0 Å². The van der Waals surface area contributed by atoms with E-state index < -0.39 is 5.97 Å². The molecule has 9 nitrogen and oxygen atoms in total. The van der Waals surface area contributed by atoms with E-state index in [1.54, 1.807) is 31.9 Å². The Balaban J connectivity index is 1.19. The number of nitrogens with zero attached hydrogens (tertiary/aromatic N) is 3. The van der Waals surface area contributed by atoms with E-state index in [1.165, 1.54) is 12.1 Å². The van der Waals surface area contributed by atoms with Crippen LogP contribution in [-0.4, -0.2) is 52.4 Å². The molecule has 0 unspecified atom stereocenters. The van der Waals surface area contributed by atoms with Gasteiger partial charge >= 0.3 is 5.97 Å². The molecule has 0 amide bonds. The number of carbonyl (C=O) groups is 1. The van der Waals surface area contributed by atoms with Crippen molar-refractivity contribution >= 4 is 51.0 Å². The zero-order chi connectivity index (χ0) is 36.4. The SMILES string of the molecule is CCOC(=O)c1c(CCCOc2cc(SCc3ccc(OC)cc3)cc3cc(F)ccc23)c2ccc(Cl)c(-c3c(CO)nn4c3COCC4)c2n1C. The van der Waals surface area contributed by atoms with E-state index in [9.17, 15) is 14.3 Å². The van der Waals surface area contributed by atoms with Gasteiger partial charge in [-0.25, -0.2) is 9.18 Å². The molecule has 4 aromatic carbocycles. The molecule has 52 heavy (non-hydrogen) atoms. The standard InChI is InChI=1S/C40H39ClFN3O6S/c1-4-50-40(47)39-30(31-13-14-32(41)36(38(31)44(39)2)37-33(21-46)43-45-15-17-49-22-34(37)45)6-5-16-51-35-20-28(19-25-18-26(42)9-12-29(25)35)52-23-24-7-10-27(48-3)11-8-24/h7-14,18-20,46H,4-6,15-17,21-23H2,1-3H3. The van der Waals surface area contributed by atoms with Crippen molar-refractivity contribution in [3.8, 4) is 22.6 Å². The van der Waals surface area contributed by atoms with Gasteiger partial charge < -0.3 is 28.6 Å². The van der Waals surface area contributed by atoms with Gasteiger partial charge in [-0.15, -0.1) is 11.8 Å². The maximum absolute atomic E-state index is 14.3. The summed E-state index contributed by atoms with van der Waals surface area (Å²) in [5, 5.41) is 17.9. The minimum absolute atomic E-state index is 0.222. The van der Waals surface area contributed by atoms with Crippen molar-refractivity contribution in [1.82, 2.24) is 14.3 Å². The van der Waals surface area contributed by atoms with Crippen LogP contribution in [0.1, 0.15) is 46.3 Å². The Morgan fingerprint density at radius 2 is 1.88 bits per heavy atom. The normalized spacial score (nSPS) is 12.7. The molecular formula is C40H39ClFN3O6S. The molecule has 1 aliphatic heterocycles. The molecule has 0 atom stereocenters. The van der Waals surface area contributed by atoms with Gasteiger partial charge in [0.15, 0.2) is 0 Å². The van der Waals surface area contributed by atoms with E-state index in [4.69, 9.17) is 30.5 Å². The number of rotatable bonds is 13. The van der Waals surface area contributed by atoms with Crippen LogP contribution in [0.3, 0.4) is 0 Å². The fourth-order valence-electron chi connectivity index (χ4n) is 6.95. The lowest BCUT2D eigenvalue weighted by atomic mass is 9.97. The monoisotopic (exact) mass is 743 g/mol. The number of carbonyl (C=O) groups excluding carboxylic acids is 1. The van der Waals surface area contributed by atoms with E-state index in [0.29, 0.717) is 66.9 Å². The Morgan fingerprint density at radius 3 is 2.65 bits per heavy atom. The van der Waals surface area contributed by atoms with E-state index in [2.05, 4.69) is 5.10 Å². The molecule has 12 heteroatoms. The van der Waals surface area contributed by atoms with Crippen LogP contribution in [0.2, 0.25) is 5.02 Å². The van der Waals surface area contributed by atoms with Crippen LogP contribution in [0, 0.1) is 5.82 Å². The third-order valence-corrected chi connectivity index (χ3v) is 10.7. The summed E-state index contributed by atoms with van der Waals surface area (Å²) in [5.74, 6) is 1.44. The number of aromatic nitrogens is 3. The quantitative estimate of drug-likeness (QED) is 0.0715. The Hall–Kier alpha value is -4.55. The van der Waals surface area contributed by atoms with Crippen molar-refractivity contribution in [2.75, 3.05) is 26.9 Å². The summed E-state index contributed by atoms with van der Waals surface area (Å²) < 4.78 is 41.1. The van der Waals surface area contributed by atoms with Crippen LogP contribution in [0.4, 0.5) is 4.39 Å². The van der Waals surface area contributed by atoms with E-state index in [0.717, 1.165) is 60.5 Å². The van der Waals surface area contributed by atoms with Gasteiger partial charge in [0, 0.05) is 39.6 Å². The zero-order valence-corrected chi connectivity index (χ0v) is 30.8. The highest BCUT2D eigenvalue weighted by atomic mass is 35.5. The third-order valence-electron chi connectivity index (χ3n) is 9.34. The number of hydrogen-bond donors (Lipinski definition) is 1. The Morgan fingerprint density at radius 1 is 1.08 bits per heavy atom. The largest absolute Gasteiger partial charge is 0.497 e. The van der Waals surface area contributed by atoms with E-state index in [-0.39, 0.29) is 19.0 Å². The number of aliphatic hydroxyl groups is 1. The predicted molar refractivity (Wildman–Crippen MR) is 201 cm³/mol. The maximum Gasteiger partial charge on any atom is 0.355 e. The second-order valence-electron chi connectivity index (χ2n) is 12.5. The van der Waals surface area contributed by atoms with Gasteiger partial charge in [-0.2, -0.15) is 5.10 Å². The van der Waals surface area contributed by atoms with Crippen molar-refractivity contribution in [2.45, 2.75) is 50.2 Å². The Bertz CT molecular complexity index is 2270. The molecule has 0 spiro atoms. The fraction of sp³-hybridized carbons (Fsp3) is 0.300. The first-order chi connectivity index (χ1) is 25.3. The summed E-state index contributed by atoms with van der Waals surface area (Å²) in [7, 11) is 3.48. The molecule has 1 aliphatic rings. The highest BCUT2D eigenvalue weighted by Gasteiger charge is 2.29. The third kappa shape index (κ3) is 6.98. The van der Waals surface area contributed by atoms with E-state index >= 15 is 0 Å². The first-order valence-electron chi connectivity index (χ1n) is 17.2. The molecule has 270 valence electrons. The van der Waals surface area contributed by atoms with Crippen LogP contribution in [0.5, 0.6) is 11.5 Å². The summed E-state index contributed by atoms with van der Waals surface area (Å²) in [6, 6.07) is 20.4. The summed E-state index contributed by atoms with van der Waals surface area (Å²) in [6.45, 7) is 3.50. The minimum Gasteiger partial charge on any atom is -0.497 e. The summed E-state index contributed by atoms with van der Waals surface area (Å²) in [6.07, 6.45) is 1.08. The topological polar surface area (TPSA) is 97.0 Å². The zero-order valence-electron chi connectivity index (χ0n) is 29.2. The van der Waals surface area contributed by atoms with Gasteiger partial charge in [-0.1, -0.05) is 29.8 Å². The Kier molecular flexibility index (Phi) is 10.7. The van der Waals surface area contributed by atoms with Gasteiger partial charge in [0.25, 0.3) is 0 Å². The maximum atomic E-state index is 14.3. The van der Waals surface area contributed by atoms with Gasteiger partial charge in [-0.05, 0) is 84.8 Å². The van der Waals surface area contributed by atoms with Gasteiger partial charge in [-0.3, -0.25) is 4.68 Å². The predicted octanol–water partition coefficient (Wildman–Crippen LogP) is 8.50. The van der Waals surface area contributed by atoms with Crippen molar-refractivity contribution < 1.29 is 33.2 Å². The molecule has 0 aliphatic carbocycles. The summed E-state index contributed by atoms with van der Waals surface area (Å²) in [5.41, 5.74) is 5.87. The molecule has 1 N–H and O–H groups in total. The second-order valence-corrected chi connectivity index (χ2v) is 14.0. The number of benzene rings is 4. The van der Waals surface area contributed by atoms with Crippen LogP contribution in [0.15, 0.2) is 71.6 Å². The minimum atomic E-state index is -0.434. The van der Waals surface area contributed by atoms with Crippen LogP contribution < -0.4 is 9.47 Å². The number of hydrogen-bond acceptors (Lipinski definition) is 8. The summed E-state index contributed by atoms with van der Waals surface area (Å²) >= 11 is 8.58. The smallest absolute Gasteiger partial charge is 0.355 e. The number of thioether (sulfide) groups is 1. The second kappa shape index (κ2) is 15.6. The first kappa shape index (κ1) is 35.8. The molecule has 7 rings (SSSR count). The first-order valence-corrected chi connectivity index (χ1v) is 18.5. The lowest BCUT2D eigenvalue weighted by molar-refractivity contribution is 0.0514. The molecule has 0 fully saturated rings. The summed E-state index contributed by atoms with van der Waals surface area (Å²) in [4.78, 5) is 14.5. The molecule has 0 saturated heterocycles. The van der Waals surface area contributed by atoms with Crippen LogP contribution in [-0.2, 0) is 48.5 Å². The number of aryl methyl sites for hydroxylation is 2. The highest BCUT2D eigenvalue weighted by Crippen LogP contribution is 2.43. The lowest BCUT2D eigenvalue weighted by Crippen LogP contribution is -2.17. The van der Waals surface area contributed by atoms with Crippen LogP contribution in [0.25, 0.3) is 32.8 Å². The number of halogens is 2. The van der Waals surface area contributed by atoms with Crippen molar-refractivity contribution in [2.24, 2.45) is 7.05 Å². The molecular weight excluding hydrogens is 705 g/mol. The molecule has 0 radical (unpaired) electrons. The average Bonchev–Trinajstić information content (AvgIpc) is 3.66. The van der Waals surface area contributed by atoms with Gasteiger partial charge in [0.05, 0.1) is 68.6 Å². The highest BCUT2D eigenvalue weighted by molar-refractivity contribution is 7.98. The molecule has 0 bridgehead atoms. The van der Waals surface area contributed by atoms with Crippen molar-refractivity contribution in [1.29, 1.82) is 0 Å². The number of fused-ring (bicyclic) bond motifs is 3. The molecule has 0 saturated carbocycles. The number of methoxy groups -OCH3 is 1. The number of ether oxygens (including phenoxy) is 4. The Labute approximate surface area is 310 Å². The van der Waals surface area contributed by atoms with Crippen molar-refractivity contribution in [3.63, 3.8) is 0 Å². The number of aliphatic hydroxyl groups excluding tert-OH is 1. The lowest BCUT2D eigenvalue weighted by Gasteiger charge is -2.17. The van der Waals surface area contributed by atoms with Crippen molar-refractivity contribution in [3.05, 3.63) is 106 Å². The van der Waals surface area contributed by atoms with Gasteiger partial charge in [0.2, 0.25) is 0 Å². The molecule has 2 aromatic heterocycles. The average molecular weight is 744 g/mol. The van der Waals surface area contributed by atoms with Crippen LogP contribution >= 0.6 is 23.4 Å². The van der Waals surface area contributed by atoms with E-state index in [1.807, 2.05) is 64.8 Å². The molecule has 3 heterocycles.